The summed E-state index contributed by atoms with van der Waals surface area (Å²) in [6.07, 6.45) is 3.20. The highest BCUT2D eigenvalue weighted by molar-refractivity contribution is 7.89. The van der Waals surface area contributed by atoms with Crippen molar-refractivity contribution in [3.05, 3.63) is 53.5 Å². The third kappa shape index (κ3) is 4.24. The average molecular weight is 406 g/mol. The molecule has 3 aromatic heterocycles. The molecule has 0 unspecified atom stereocenters. The first-order valence-corrected chi connectivity index (χ1v) is 11.0. The fourth-order valence-corrected chi connectivity index (χ4v) is 4.94. The van der Waals surface area contributed by atoms with Crippen molar-refractivity contribution >= 4 is 21.4 Å². The third-order valence-electron chi connectivity index (χ3n) is 4.28. The number of aryl methyl sites for hydroxylation is 1. The molecule has 10 heteroatoms. The molecule has 0 aliphatic carbocycles. The van der Waals surface area contributed by atoms with Gasteiger partial charge in [-0.15, -0.1) is 11.3 Å². The second kappa shape index (κ2) is 7.85. The minimum atomic E-state index is -3.41. The van der Waals surface area contributed by atoms with Crippen molar-refractivity contribution < 1.29 is 17.7 Å². The molecule has 0 radical (unpaired) electrons. The van der Waals surface area contributed by atoms with Crippen molar-refractivity contribution in [3.8, 4) is 10.7 Å². The number of hydrogen-bond donors (Lipinski definition) is 0. The van der Waals surface area contributed by atoms with E-state index in [4.69, 9.17) is 9.26 Å². The molecule has 3 aromatic rings. The highest BCUT2D eigenvalue weighted by Gasteiger charge is 2.33. The predicted molar refractivity (Wildman–Crippen MR) is 99.6 cm³/mol. The molecule has 8 nitrogen and oxygen atoms in total. The molecule has 0 amide bonds. The Morgan fingerprint density at radius 1 is 1.26 bits per heavy atom. The summed E-state index contributed by atoms with van der Waals surface area (Å²) in [5, 5.41) is 5.90. The van der Waals surface area contributed by atoms with E-state index in [-0.39, 0.29) is 18.9 Å². The number of rotatable bonds is 6. The van der Waals surface area contributed by atoms with Crippen molar-refractivity contribution in [3.63, 3.8) is 0 Å². The van der Waals surface area contributed by atoms with Crippen LogP contribution in [0.15, 0.2) is 46.6 Å². The molecule has 4 heterocycles. The highest BCUT2D eigenvalue weighted by atomic mass is 32.2. The molecule has 1 aliphatic rings. The van der Waals surface area contributed by atoms with Crippen LogP contribution in [-0.2, 0) is 21.2 Å². The van der Waals surface area contributed by atoms with Gasteiger partial charge in [0.25, 0.3) is 5.89 Å². The number of nitrogens with zero attached hydrogens (tertiary/aromatic N) is 4. The Hall–Kier alpha value is -2.14. The Labute approximate surface area is 160 Å². The summed E-state index contributed by atoms with van der Waals surface area (Å²) in [4.78, 5) is 9.20. The number of aromatic nitrogens is 3. The number of pyridine rings is 1. The third-order valence-corrected chi connectivity index (χ3v) is 6.98. The van der Waals surface area contributed by atoms with Crippen LogP contribution < -0.4 is 0 Å². The van der Waals surface area contributed by atoms with Crippen LogP contribution in [0, 0.1) is 0 Å². The number of sulfonamides is 1. The fraction of sp³-hybridized carbons (Fsp3) is 0.353. The molecule has 1 saturated heterocycles. The minimum Gasteiger partial charge on any atom is -0.366 e. The molecule has 1 atom stereocenters. The molecule has 1 fully saturated rings. The van der Waals surface area contributed by atoms with E-state index in [0.717, 1.165) is 10.4 Å². The van der Waals surface area contributed by atoms with Crippen LogP contribution in [0.3, 0.4) is 0 Å². The van der Waals surface area contributed by atoms with Gasteiger partial charge in [-0.1, -0.05) is 11.2 Å². The monoisotopic (exact) mass is 406 g/mol. The zero-order chi connectivity index (χ0) is 18.7. The van der Waals surface area contributed by atoms with Crippen LogP contribution in [0.2, 0.25) is 0 Å². The van der Waals surface area contributed by atoms with Gasteiger partial charge in [-0.05, 0) is 35.6 Å². The number of morpholine rings is 1. The zero-order valence-corrected chi connectivity index (χ0v) is 16.0. The van der Waals surface area contributed by atoms with E-state index >= 15 is 0 Å². The van der Waals surface area contributed by atoms with Crippen LogP contribution >= 0.6 is 11.3 Å². The number of hydrogen-bond acceptors (Lipinski definition) is 8. The lowest BCUT2D eigenvalue weighted by atomic mass is 10.2. The van der Waals surface area contributed by atoms with Crippen LogP contribution in [0.25, 0.3) is 10.7 Å². The molecule has 0 aromatic carbocycles. The first-order chi connectivity index (χ1) is 13.1. The van der Waals surface area contributed by atoms with Crippen LogP contribution in [0.4, 0.5) is 0 Å². The van der Waals surface area contributed by atoms with Gasteiger partial charge in [-0.3, -0.25) is 4.98 Å². The molecule has 0 spiro atoms. The summed E-state index contributed by atoms with van der Waals surface area (Å²) in [7, 11) is -3.41. The molecular weight excluding hydrogens is 388 g/mol. The quantitative estimate of drug-likeness (QED) is 0.618. The maximum atomic E-state index is 12.7. The maximum Gasteiger partial charge on any atom is 0.257 e. The Morgan fingerprint density at radius 3 is 2.89 bits per heavy atom. The zero-order valence-electron chi connectivity index (χ0n) is 14.4. The van der Waals surface area contributed by atoms with Crippen molar-refractivity contribution in [2.24, 2.45) is 0 Å². The second-order valence-electron chi connectivity index (χ2n) is 6.07. The lowest BCUT2D eigenvalue weighted by molar-refractivity contribution is -0.0199. The minimum absolute atomic E-state index is 0.0357. The van der Waals surface area contributed by atoms with E-state index in [0.29, 0.717) is 24.7 Å². The van der Waals surface area contributed by atoms with Gasteiger partial charge < -0.3 is 9.26 Å². The molecule has 0 saturated carbocycles. The molecule has 0 bridgehead atoms. The summed E-state index contributed by atoms with van der Waals surface area (Å²) in [6, 6.07) is 7.45. The molecule has 4 rings (SSSR count). The summed E-state index contributed by atoms with van der Waals surface area (Å²) in [6.45, 7) is 0.779. The fourth-order valence-electron chi connectivity index (χ4n) is 2.82. The average Bonchev–Trinajstić information content (AvgIpc) is 3.39. The van der Waals surface area contributed by atoms with Gasteiger partial charge in [0.05, 0.1) is 17.2 Å². The van der Waals surface area contributed by atoms with Gasteiger partial charge in [0.15, 0.2) is 6.10 Å². The lowest BCUT2D eigenvalue weighted by Gasteiger charge is -2.30. The Bertz CT molecular complexity index is 974. The second-order valence-corrected chi connectivity index (χ2v) is 9.11. The van der Waals surface area contributed by atoms with Crippen LogP contribution in [0.1, 0.15) is 17.6 Å². The van der Waals surface area contributed by atoms with Crippen molar-refractivity contribution in [2.75, 3.05) is 25.4 Å². The van der Waals surface area contributed by atoms with E-state index in [1.54, 1.807) is 12.4 Å². The highest BCUT2D eigenvalue weighted by Crippen LogP contribution is 2.27. The van der Waals surface area contributed by atoms with Gasteiger partial charge >= 0.3 is 0 Å². The summed E-state index contributed by atoms with van der Waals surface area (Å²) >= 11 is 1.51. The van der Waals surface area contributed by atoms with Gasteiger partial charge in [0, 0.05) is 25.5 Å². The van der Waals surface area contributed by atoms with Crippen LogP contribution in [-0.4, -0.2) is 53.3 Å². The van der Waals surface area contributed by atoms with E-state index < -0.39 is 16.1 Å². The smallest absolute Gasteiger partial charge is 0.257 e. The topological polar surface area (TPSA) is 98.4 Å². The summed E-state index contributed by atoms with van der Waals surface area (Å²) in [5.41, 5.74) is 0.941. The maximum absolute atomic E-state index is 12.7. The van der Waals surface area contributed by atoms with Crippen molar-refractivity contribution in [1.82, 2.24) is 19.4 Å². The normalized spacial score (nSPS) is 18.6. The van der Waals surface area contributed by atoms with E-state index in [9.17, 15) is 8.42 Å². The molecular formula is C17H18N4O4S2. The van der Waals surface area contributed by atoms with E-state index in [1.165, 1.54) is 15.6 Å². The molecule has 142 valence electrons. The Morgan fingerprint density at radius 2 is 2.11 bits per heavy atom. The standard InChI is InChI=1S/C17H18N4O4S2/c22-27(23,11-5-13-3-6-18-7-4-13)21-8-9-24-14(12-21)17-19-16(20-25-17)15-2-1-10-26-15/h1-4,6-7,10,14H,5,8-9,11-12H2/t14-/m1/s1. The SMILES string of the molecule is O=S(=O)(CCc1ccncc1)N1CCO[C@@H](c2nc(-c3cccs3)no2)C1. The van der Waals surface area contributed by atoms with E-state index in [1.807, 2.05) is 29.6 Å². The van der Waals surface area contributed by atoms with Gasteiger partial charge in [0.2, 0.25) is 15.8 Å². The molecule has 0 N–H and O–H groups in total. The Balaban J connectivity index is 1.43. The lowest BCUT2D eigenvalue weighted by Crippen LogP contribution is -2.43. The van der Waals surface area contributed by atoms with E-state index in [2.05, 4.69) is 15.1 Å². The van der Waals surface area contributed by atoms with Crippen molar-refractivity contribution in [2.45, 2.75) is 12.5 Å². The van der Waals surface area contributed by atoms with Crippen molar-refractivity contribution in [1.29, 1.82) is 0 Å². The Kier molecular flexibility index (Phi) is 5.30. The molecule has 1 aliphatic heterocycles. The van der Waals surface area contributed by atoms with Gasteiger partial charge in [-0.2, -0.15) is 9.29 Å². The predicted octanol–water partition coefficient (Wildman–Crippen LogP) is 2.14. The number of thiophene rings is 1. The van der Waals surface area contributed by atoms with Gasteiger partial charge in [0.1, 0.15) is 0 Å². The van der Waals surface area contributed by atoms with Crippen LogP contribution in [0.5, 0.6) is 0 Å². The summed E-state index contributed by atoms with van der Waals surface area (Å²) < 4.78 is 37.9. The summed E-state index contributed by atoms with van der Waals surface area (Å²) in [5.74, 6) is 0.822. The number of ether oxygens (including phenoxy) is 1. The first-order valence-electron chi connectivity index (χ1n) is 8.47. The molecule has 27 heavy (non-hydrogen) atoms. The van der Waals surface area contributed by atoms with Gasteiger partial charge in [-0.25, -0.2) is 8.42 Å². The first kappa shape index (κ1) is 18.2. The largest absolute Gasteiger partial charge is 0.366 e.